The molecule has 0 saturated heterocycles. The maximum absolute atomic E-state index is 12.7. The van der Waals surface area contributed by atoms with Gasteiger partial charge in [-0.15, -0.1) is 5.47 Å². The summed E-state index contributed by atoms with van der Waals surface area (Å²) in [6.07, 6.45) is -0.283. The van der Waals surface area contributed by atoms with E-state index in [0.29, 0.717) is 11.0 Å². The molecule has 0 aromatic rings. The van der Waals surface area contributed by atoms with Crippen molar-refractivity contribution in [1.29, 1.82) is 0 Å². The zero-order chi connectivity index (χ0) is 15.7. The summed E-state index contributed by atoms with van der Waals surface area (Å²) < 4.78 is 47.6. The average molecular weight is 333 g/mol. The van der Waals surface area contributed by atoms with Gasteiger partial charge in [-0.3, -0.25) is 4.90 Å². The molecule has 21 heavy (non-hydrogen) atoms. The van der Waals surface area contributed by atoms with Crippen LogP contribution in [0.4, 0.5) is 17.7 Å². The van der Waals surface area contributed by atoms with E-state index < -0.39 is 42.7 Å². The van der Waals surface area contributed by atoms with Gasteiger partial charge in [-0.05, 0) is 20.8 Å². The molecular formula is C11H16BF3KNO4. The molecule has 1 aliphatic heterocycles. The summed E-state index contributed by atoms with van der Waals surface area (Å²) in [7, 11) is 1.04. The minimum Gasteiger partial charge on any atom is -0.467 e. The number of esters is 1. The van der Waals surface area contributed by atoms with Crippen molar-refractivity contribution in [3.8, 4) is 0 Å². The van der Waals surface area contributed by atoms with Crippen LogP contribution < -0.4 is 51.4 Å². The van der Waals surface area contributed by atoms with E-state index >= 15 is 0 Å². The quantitative estimate of drug-likeness (QED) is 0.485. The summed E-state index contributed by atoms with van der Waals surface area (Å²) in [5, 5.41) is 0. The standard InChI is InChI=1S/C11H16BF3NO4.K/c1-11(2,3)20-10(18)16-6-7(12(13,14)15)5-8(16)9(17)19-4;/h5,8H,6H2,1-4H3;/q-1;+1/t8-;/m0./s1. The number of nitrogens with zero attached hydrogens (tertiary/aromatic N) is 1. The van der Waals surface area contributed by atoms with Gasteiger partial charge in [0.25, 0.3) is 0 Å². The van der Waals surface area contributed by atoms with Crippen LogP contribution in [0.2, 0.25) is 0 Å². The first-order valence-electron chi connectivity index (χ1n) is 5.93. The number of rotatable bonds is 2. The zero-order valence-corrected chi connectivity index (χ0v) is 15.8. The Bertz CT molecular complexity index is 448. The smallest absolute Gasteiger partial charge is 0.467 e. The molecule has 0 spiro atoms. The molecule has 1 atom stereocenters. The van der Waals surface area contributed by atoms with Gasteiger partial charge in [-0.2, -0.15) is 0 Å². The van der Waals surface area contributed by atoms with Crippen LogP contribution in [0.1, 0.15) is 20.8 Å². The molecule has 1 heterocycles. The molecule has 0 aliphatic carbocycles. The maximum Gasteiger partial charge on any atom is 1.00 e. The maximum atomic E-state index is 12.7. The van der Waals surface area contributed by atoms with Gasteiger partial charge in [0.1, 0.15) is 11.6 Å². The fraction of sp³-hybridized carbons (Fsp3) is 0.636. The van der Waals surface area contributed by atoms with Crippen molar-refractivity contribution in [2.45, 2.75) is 32.4 Å². The van der Waals surface area contributed by atoms with Crippen LogP contribution in [0.25, 0.3) is 0 Å². The summed E-state index contributed by atoms with van der Waals surface area (Å²) in [6.45, 7) is -1.24. The molecule has 1 aliphatic rings. The summed E-state index contributed by atoms with van der Waals surface area (Å²) in [6, 6.07) is -1.41. The molecule has 114 valence electrons. The average Bonchev–Trinajstić information content (AvgIpc) is 2.69. The largest absolute Gasteiger partial charge is 1.00 e. The van der Waals surface area contributed by atoms with E-state index in [-0.39, 0.29) is 51.4 Å². The number of hydrogen-bond acceptors (Lipinski definition) is 4. The Labute approximate surface area is 163 Å². The second-order valence-corrected chi connectivity index (χ2v) is 5.39. The van der Waals surface area contributed by atoms with E-state index in [1.54, 1.807) is 20.8 Å². The van der Waals surface area contributed by atoms with E-state index in [4.69, 9.17) is 4.74 Å². The number of amides is 1. The fourth-order valence-electron chi connectivity index (χ4n) is 1.67. The van der Waals surface area contributed by atoms with E-state index in [0.717, 1.165) is 7.11 Å². The first-order chi connectivity index (χ1) is 8.95. The summed E-state index contributed by atoms with van der Waals surface area (Å²) >= 11 is 0. The fourth-order valence-corrected chi connectivity index (χ4v) is 1.67. The van der Waals surface area contributed by atoms with Gasteiger partial charge < -0.3 is 22.4 Å². The molecule has 0 aromatic carbocycles. The number of carbonyl (C=O) groups is 2. The molecule has 1 amide bonds. The van der Waals surface area contributed by atoms with Crippen LogP contribution in [0, 0.1) is 0 Å². The molecule has 1 rings (SSSR count). The number of ether oxygens (including phenoxy) is 2. The third-order valence-electron chi connectivity index (χ3n) is 2.55. The Hall–Kier alpha value is -0.0287. The van der Waals surface area contributed by atoms with Crippen LogP contribution in [-0.2, 0) is 14.3 Å². The molecule has 5 nitrogen and oxygen atoms in total. The van der Waals surface area contributed by atoms with Gasteiger partial charge in [-0.25, -0.2) is 9.59 Å². The predicted molar refractivity (Wildman–Crippen MR) is 65.9 cm³/mol. The van der Waals surface area contributed by atoms with E-state index in [1.165, 1.54) is 0 Å². The molecule has 0 N–H and O–H groups in total. The predicted octanol–water partition coefficient (Wildman–Crippen LogP) is -0.904. The second kappa shape index (κ2) is 7.49. The van der Waals surface area contributed by atoms with Crippen molar-refractivity contribution >= 4 is 19.0 Å². The third kappa shape index (κ3) is 5.93. The molecule has 10 heteroatoms. The Balaban J connectivity index is 0.00000400. The van der Waals surface area contributed by atoms with Gasteiger partial charge in [0.05, 0.1) is 7.11 Å². The normalized spacial score (nSPS) is 18.7. The van der Waals surface area contributed by atoms with Crippen LogP contribution in [0.15, 0.2) is 11.5 Å². The van der Waals surface area contributed by atoms with Gasteiger partial charge in [-0.1, -0.05) is 6.08 Å². The minimum absolute atomic E-state index is 0. The summed E-state index contributed by atoms with van der Waals surface area (Å²) in [5.41, 5.74) is -1.78. The molecule has 0 fully saturated rings. The van der Waals surface area contributed by atoms with Crippen molar-refractivity contribution in [2.75, 3.05) is 13.7 Å². The minimum atomic E-state index is -5.26. The molecule has 0 aromatic heterocycles. The topological polar surface area (TPSA) is 55.8 Å². The molecule has 0 unspecified atom stereocenters. The number of methoxy groups -OCH3 is 1. The Morgan fingerprint density at radius 3 is 2.24 bits per heavy atom. The second-order valence-electron chi connectivity index (χ2n) is 5.39. The van der Waals surface area contributed by atoms with E-state index in [2.05, 4.69) is 4.74 Å². The first kappa shape index (κ1) is 21.0. The van der Waals surface area contributed by atoms with E-state index in [9.17, 15) is 22.5 Å². The third-order valence-corrected chi connectivity index (χ3v) is 2.55. The zero-order valence-electron chi connectivity index (χ0n) is 12.7. The molecule has 0 radical (unpaired) electrons. The number of halogens is 3. The van der Waals surface area contributed by atoms with Crippen LogP contribution in [0.5, 0.6) is 0 Å². The van der Waals surface area contributed by atoms with Crippen molar-refractivity contribution in [1.82, 2.24) is 4.90 Å². The number of carbonyl (C=O) groups excluding carboxylic acids is 2. The molecule has 0 bridgehead atoms. The monoisotopic (exact) mass is 333 g/mol. The Morgan fingerprint density at radius 2 is 1.86 bits per heavy atom. The molecule has 0 saturated carbocycles. The van der Waals surface area contributed by atoms with Gasteiger partial charge >= 0.3 is 70.4 Å². The van der Waals surface area contributed by atoms with Crippen molar-refractivity contribution in [3.05, 3.63) is 11.5 Å². The summed E-state index contributed by atoms with van der Waals surface area (Å²) in [4.78, 5) is 24.1. The van der Waals surface area contributed by atoms with Crippen molar-refractivity contribution in [3.63, 3.8) is 0 Å². The molecular weight excluding hydrogens is 317 g/mol. The van der Waals surface area contributed by atoms with Gasteiger partial charge in [0.2, 0.25) is 0 Å². The number of hydrogen-bond donors (Lipinski definition) is 0. The van der Waals surface area contributed by atoms with Crippen molar-refractivity contribution < 1.29 is 83.4 Å². The van der Waals surface area contributed by atoms with Gasteiger partial charge in [0.15, 0.2) is 0 Å². The van der Waals surface area contributed by atoms with Crippen LogP contribution >= 0.6 is 0 Å². The Kier molecular flexibility index (Phi) is 7.48. The SMILES string of the molecule is COC(=O)[C@@H]1C=C([B-](F)(F)F)CN1C(=O)OC(C)(C)C.[K+]. The Morgan fingerprint density at radius 1 is 1.33 bits per heavy atom. The van der Waals surface area contributed by atoms with E-state index in [1.807, 2.05) is 0 Å². The van der Waals surface area contributed by atoms with Gasteiger partial charge in [0, 0.05) is 6.54 Å². The van der Waals surface area contributed by atoms with Crippen molar-refractivity contribution in [2.24, 2.45) is 0 Å². The van der Waals surface area contributed by atoms with Crippen LogP contribution in [-0.4, -0.2) is 49.2 Å². The first-order valence-corrected chi connectivity index (χ1v) is 5.93. The summed E-state index contributed by atoms with van der Waals surface area (Å²) in [5.74, 6) is -0.939. The van der Waals surface area contributed by atoms with Crippen LogP contribution in [0.3, 0.4) is 0 Å².